The molecule has 94 valence electrons. The fourth-order valence-corrected chi connectivity index (χ4v) is 2.05. The summed E-state index contributed by atoms with van der Waals surface area (Å²) in [6.45, 7) is 4.90. The van der Waals surface area contributed by atoms with Crippen molar-refractivity contribution in [3.63, 3.8) is 0 Å². The molecular weight excluding hydrogens is 226 g/mol. The van der Waals surface area contributed by atoms with Gasteiger partial charge in [-0.25, -0.2) is 0 Å². The van der Waals surface area contributed by atoms with E-state index in [-0.39, 0.29) is 0 Å². The van der Waals surface area contributed by atoms with Gasteiger partial charge >= 0.3 is 0 Å². The second-order valence-corrected chi connectivity index (χ2v) is 5.20. The summed E-state index contributed by atoms with van der Waals surface area (Å²) in [4.78, 5) is 0. The third kappa shape index (κ3) is 2.24. The van der Waals surface area contributed by atoms with Crippen molar-refractivity contribution in [3.8, 4) is 11.3 Å². The zero-order chi connectivity index (χ0) is 12.4. The fourth-order valence-electron chi connectivity index (χ4n) is 2.05. The zero-order valence-corrected chi connectivity index (χ0v) is 10.4. The van der Waals surface area contributed by atoms with Gasteiger partial charge < -0.3 is 10.1 Å². The highest BCUT2D eigenvalue weighted by atomic mass is 16.5. The molecule has 18 heavy (non-hydrogen) atoms. The van der Waals surface area contributed by atoms with Crippen molar-refractivity contribution in [1.82, 2.24) is 10.2 Å². The van der Waals surface area contributed by atoms with Crippen LogP contribution in [-0.4, -0.2) is 30.0 Å². The molecule has 1 aromatic heterocycles. The summed E-state index contributed by atoms with van der Waals surface area (Å²) >= 11 is 0. The van der Waals surface area contributed by atoms with Gasteiger partial charge in [0.05, 0.1) is 18.9 Å². The van der Waals surface area contributed by atoms with Crippen LogP contribution in [0.4, 0.5) is 5.69 Å². The quantitative estimate of drug-likeness (QED) is 0.867. The molecule has 3 rings (SSSR count). The van der Waals surface area contributed by atoms with Crippen LogP contribution >= 0.6 is 0 Å². The van der Waals surface area contributed by atoms with Gasteiger partial charge in [0.2, 0.25) is 0 Å². The highest BCUT2D eigenvalue weighted by Gasteiger charge is 2.32. The van der Waals surface area contributed by atoms with E-state index in [1.54, 1.807) is 6.20 Å². The first-order valence-corrected chi connectivity index (χ1v) is 6.17. The highest BCUT2D eigenvalue weighted by molar-refractivity contribution is 5.62. The molecule has 2 N–H and O–H groups in total. The third-order valence-corrected chi connectivity index (χ3v) is 3.32. The molecule has 1 aliphatic heterocycles. The lowest BCUT2D eigenvalue weighted by molar-refractivity contribution is -0.0924. The Hall–Kier alpha value is -1.81. The first-order chi connectivity index (χ1) is 8.75. The maximum absolute atomic E-state index is 5.24. The predicted molar refractivity (Wildman–Crippen MR) is 71.4 cm³/mol. The van der Waals surface area contributed by atoms with Crippen molar-refractivity contribution in [2.24, 2.45) is 5.41 Å². The third-order valence-electron chi connectivity index (χ3n) is 3.32. The Morgan fingerprint density at radius 3 is 2.61 bits per heavy atom. The topological polar surface area (TPSA) is 49.9 Å². The molecule has 0 bridgehead atoms. The second kappa shape index (κ2) is 4.46. The molecule has 2 heterocycles. The number of benzene rings is 1. The Balaban J connectivity index is 1.64. The Kier molecular flexibility index (Phi) is 2.80. The lowest BCUT2D eigenvalue weighted by Gasteiger charge is -2.38. The minimum atomic E-state index is 0.294. The summed E-state index contributed by atoms with van der Waals surface area (Å²) in [5.41, 5.74) is 3.63. The van der Waals surface area contributed by atoms with Gasteiger partial charge in [0.15, 0.2) is 0 Å². The molecule has 2 aromatic rings. The summed E-state index contributed by atoms with van der Waals surface area (Å²) in [5, 5.41) is 10.4. The van der Waals surface area contributed by atoms with E-state index in [1.165, 1.54) is 0 Å². The van der Waals surface area contributed by atoms with Crippen LogP contribution in [0.15, 0.2) is 36.5 Å². The Labute approximate surface area is 106 Å². The lowest BCUT2D eigenvalue weighted by Crippen LogP contribution is -2.45. The first kappa shape index (κ1) is 11.3. The van der Waals surface area contributed by atoms with E-state index in [9.17, 15) is 0 Å². The molecule has 0 spiro atoms. The molecule has 1 fully saturated rings. The van der Waals surface area contributed by atoms with Crippen LogP contribution in [0.3, 0.4) is 0 Å². The molecule has 0 atom stereocenters. The molecule has 0 saturated carbocycles. The molecular formula is C14H17N3O. The van der Waals surface area contributed by atoms with Crippen LogP contribution in [0.5, 0.6) is 0 Å². The summed E-state index contributed by atoms with van der Waals surface area (Å²) in [6, 6.07) is 10.3. The van der Waals surface area contributed by atoms with Crippen molar-refractivity contribution < 1.29 is 4.74 Å². The maximum Gasteiger partial charge on any atom is 0.0650 e. The first-order valence-electron chi connectivity index (χ1n) is 6.17. The second-order valence-electron chi connectivity index (χ2n) is 5.20. The van der Waals surface area contributed by atoms with Crippen LogP contribution in [0, 0.1) is 5.41 Å². The van der Waals surface area contributed by atoms with E-state index in [4.69, 9.17) is 4.74 Å². The molecule has 1 aromatic carbocycles. The van der Waals surface area contributed by atoms with E-state index < -0.39 is 0 Å². The number of hydrogen-bond donors (Lipinski definition) is 2. The number of H-pyrrole nitrogens is 1. The molecule has 4 nitrogen and oxygen atoms in total. The van der Waals surface area contributed by atoms with E-state index in [1.807, 2.05) is 6.07 Å². The maximum atomic E-state index is 5.24. The minimum Gasteiger partial charge on any atom is -0.384 e. The molecule has 1 saturated heterocycles. The number of nitrogens with zero attached hydrogens (tertiary/aromatic N) is 1. The van der Waals surface area contributed by atoms with Gasteiger partial charge in [0, 0.05) is 23.8 Å². The van der Waals surface area contributed by atoms with Crippen molar-refractivity contribution >= 4 is 5.69 Å². The van der Waals surface area contributed by atoms with Crippen LogP contribution in [-0.2, 0) is 4.74 Å². The van der Waals surface area contributed by atoms with Gasteiger partial charge in [-0.05, 0) is 23.8 Å². The molecule has 1 aliphatic rings. The van der Waals surface area contributed by atoms with E-state index in [0.29, 0.717) is 5.41 Å². The average Bonchev–Trinajstić information content (AvgIpc) is 2.88. The van der Waals surface area contributed by atoms with Crippen molar-refractivity contribution in [3.05, 3.63) is 36.5 Å². The Bertz CT molecular complexity index is 500. The van der Waals surface area contributed by atoms with Gasteiger partial charge in [-0.1, -0.05) is 19.1 Å². The minimum absolute atomic E-state index is 0.294. The van der Waals surface area contributed by atoms with E-state index in [2.05, 4.69) is 46.7 Å². The molecule has 0 radical (unpaired) electrons. The van der Waals surface area contributed by atoms with Crippen molar-refractivity contribution in [1.29, 1.82) is 0 Å². The van der Waals surface area contributed by atoms with Crippen molar-refractivity contribution in [2.45, 2.75) is 6.92 Å². The monoisotopic (exact) mass is 243 g/mol. The van der Waals surface area contributed by atoms with Gasteiger partial charge in [0.25, 0.3) is 0 Å². The summed E-state index contributed by atoms with van der Waals surface area (Å²) in [7, 11) is 0. The number of hydrogen-bond acceptors (Lipinski definition) is 3. The van der Waals surface area contributed by atoms with E-state index >= 15 is 0 Å². The number of aromatic amines is 1. The van der Waals surface area contributed by atoms with E-state index in [0.717, 1.165) is 36.7 Å². The number of nitrogens with one attached hydrogen (secondary N) is 2. The van der Waals surface area contributed by atoms with Crippen LogP contribution in [0.25, 0.3) is 11.3 Å². The predicted octanol–water partition coefficient (Wildman–Crippen LogP) is 2.53. The van der Waals surface area contributed by atoms with Gasteiger partial charge in [0.1, 0.15) is 0 Å². The number of ether oxygens (including phenoxy) is 1. The smallest absolute Gasteiger partial charge is 0.0650 e. The highest BCUT2D eigenvalue weighted by Crippen LogP contribution is 2.27. The van der Waals surface area contributed by atoms with Crippen molar-refractivity contribution in [2.75, 3.05) is 25.1 Å². The Morgan fingerprint density at radius 1 is 1.28 bits per heavy atom. The normalized spacial score (nSPS) is 17.2. The van der Waals surface area contributed by atoms with Gasteiger partial charge in [-0.15, -0.1) is 0 Å². The van der Waals surface area contributed by atoms with Crippen LogP contribution in [0.1, 0.15) is 6.92 Å². The average molecular weight is 243 g/mol. The lowest BCUT2D eigenvalue weighted by atomic mass is 9.88. The fraction of sp³-hybridized carbons (Fsp3) is 0.357. The molecule has 0 amide bonds. The number of rotatable bonds is 4. The van der Waals surface area contributed by atoms with Gasteiger partial charge in [-0.3, -0.25) is 5.10 Å². The standard InChI is InChI=1S/C14H17N3O/c1-14(9-18-10-14)8-15-12-4-2-11(3-5-12)13-6-7-16-17-13/h2-7,15H,8-10H2,1H3,(H,16,17). The van der Waals surface area contributed by atoms with Crippen LogP contribution < -0.4 is 5.32 Å². The van der Waals surface area contributed by atoms with Gasteiger partial charge in [-0.2, -0.15) is 5.10 Å². The number of anilines is 1. The largest absolute Gasteiger partial charge is 0.384 e. The number of aromatic nitrogens is 2. The summed E-state index contributed by atoms with van der Waals surface area (Å²) in [6.07, 6.45) is 1.76. The van der Waals surface area contributed by atoms with Crippen LogP contribution in [0.2, 0.25) is 0 Å². The molecule has 0 aliphatic carbocycles. The summed E-state index contributed by atoms with van der Waals surface area (Å²) in [5.74, 6) is 0. The zero-order valence-electron chi connectivity index (χ0n) is 10.4. The Morgan fingerprint density at radius 2 is 2.06 bits per heavy atom. The molecule has 4 heteroatoms. The summed E-state index contributed by atoms with van der Waals surface area (Å²) < 4.78 is 5.24. The molecule has 0 unspecified atom stereocenters. The SMILES string of the molecule is CC1(CNc2ccc(-c3ccn[nH]3)cc2)COC1.